The van der Waals surface area contributed by atoms with Gasteiger partial charge in [0.1, 0.15) is 5.82 Å². The lowest BCUT2D eigenvalue weighted by Crippen LogP contribution is -2.46. The van der Waals surface area contributed by atoms with E-state index in [1.54, 1.807) is 4.90 Å². The molecule has 0 bridgehead atoms. The summed E-state index contributed by atoms with van der Waals surface area (Å²) in [5.74, 6) is -0.595. The molecule has 2 saturated heterocycles. The number of hydrogen-bond donors (Lipinski definition) is 2. The number of benzene rings is 1. The van der Waals surface area contributed by atoms with Crippen LogP contribution in [0.5, 0.6) is 0 Å². The van der Waals surface area contributed by atoms with Gasteiger partial charge in [0, 0.05) is 43.4 Å². The van der Waals surface area contributed by atoms with E-state index in [0.717, 1.165) is 12.8 Å². The summed E-state index contributed by atoms with van der Waals surface area (Å²) in [5, 5.41) is 5.78. The van der Waals surface area contributed by atoms with Crippen molar-refractivity contribution in [3.63, 3.8) is 0 Å². The molecule has 7 heteroatoms. The van der Waals surface area contributed by atoms with Crippen LogP contribution in [0.1, 0.15) is 26.7 Å². The Balaban J connectivity index is 1.73. The molecule has 1 aromatic rings. The van der Waals surface area contributed by atoms with Crippen molar-refractivity contribution in [3.05, 3.63) is 30.1 Å². The molecule has 6 nitrogen and oxygen atoms in total. The van der Waals surface area contributed by atoms with Crippen LogP contribution in [0.15, 0.2) is 24.3 Å². The van der Waals surface area contributed by atoms with Crippen LogP contribution in [-0.2, 0) is 9.53 Å². The van der Waals surface area contributed by atoms with Crippen molar-refractivity contribution < 1.29 is 18.7 Å². The minimum Gasteiger partial charge on any atom is -0.381 e. The van der Waals surface area contributed by atoms with Gasteiger partial charge in [0.25, 0.3) is 0 Å². The highest BCUT2D eigenvalue weighted by atomic mass is 19.1. The molecule has 2 fully saturated rings. The van der Waals surface area contributed by atoms with Crippen molar-refractivity contribution in [3.8, 4) is 0 Å². The van der Waals surface area contributed by atoms with E-state index in [9.17, 15) is 14.0 Å². The lowest BCUT2D eigenvalue weighted by Gasteiger charge is -2.37. The second-order valence-electron chi connectivity index (χ2n) is 7.51. The number of nitrogens with one attached hydrogen (secondary N) is 2. The average molecular weight is 363 g/mol. The number of anilines is 1. The molecule has 1 unspecified atom stereocenters. The van der Waals surface area contributed by atoms with Gasteiger partial charge in [0.05, 0.1) is 5.92 Å². The molecule has 0 aromatic heterocycles. The minimum absolute atomic E-state index is 0.000942. The number of ether oxygens (including phenoxy) is 1. The average Bonchev–Trinajstić information content (AvgIpc) is 2.96. The van der Waals surface area contributed by atoms with Crippen LogP contribution >= 0.6 is 0 Å². The monoisotopic (exact) mass is 363 g/mol. The minimum atomic E-state index is -0.351. The van der Waals surface area contributed by atoms with E-state index >= 15 is 0 Å². The van der Waals surface area contributed by atoms with E-state index in [0.29, 0.717) is 32.0 Å². The van der Waals surface area contributed by atoms with Gasteiger partial charge in [-0.25, -0.2) is 9.18 Å². The maximum atomic E-state index is 13.0. The Kier molecular flexibility index (Phi) is 5.46. The number of amides is 3. The Hall–Kier alpha value is -2.15. The Morgan fingerprint density at radius 3 is 2.50 bits per heavy atom. The normalized spacial score (nSPS) is 21.8. The highest BCUT2D eigenvalue weighted by molar-refractivity contribution is 5.90. The summed E-state index contributed by atoms with van der Waals surface area (Å²) in [4.78, 5) is 27.1. The lowest BCUT2D eigenvalue weighted by molar-refractivity contribution is -0.130. The summed E-state index contributed by atoms with van der Waals surface area (Å²) in [6.07, 6.45) is 1.53. The third-order valence-electron chi connectivity index (χ3n) is 5.27. The quantitative estimate of drug-likeness (QED) is 0.867. The summed E-state index contributed by atoms with van der Waals surface area (Å²) in [5.41, 5.74) is 0.296. The van der Waals surface area contributed by atoms with Crippen LogP contribution in [0.4, 0.5) is 14.9 Å². The Labute approximate surface area is 153 Å². The second kappa shape index (κ2) is 7.61. The maximum Gasteiger partial charge on any atom is 0.321 e. The fourth-order valence-electron chi connectivity index (χ4n) is 3.89. The number of carbonyl (C=O) groups is 2. The smallest absolute Gasteiger partial charge is 0.321 e. The predicted octanol–water partition coefficient (Wildman–Crippen LogP) is 2.61. The van der Waals surface area contributed by atoms with Crippen LogP contribution in [0, 0.1) is 17.2 Å². The molecule has 0 saturated carbocycles. The molecule has 26 heavy (non-hydrogen) atoms. The third-order valence-corrected chi connectivity index (χ3v) is 5.27. The third kappa shape index (κ3) is 3.98. The van der Waals surface area contributed by atoms with E-state index in [4.69, 9.17) is 4.74 Å². The van der Waals surface area contributed by atoms with Crippen LogP contribution in [0.3, 0.4) is 0 Å². The fourth-order valence-corrected chi connectivity index (χ4v) is 3.89. The van der Waals surface area contributed by atoms with Gasteiger partial charge in [-0.05, 0) is 51.0 Å². The predicted molar refractivity (Wildman–Crippen MR) is 96.2 cm³/mol. The summed E-state index contributed by atoms with van der Waals surface area (Å²) < 4.78 is 18.5. The van der Waals surface area contributed by atoms with Crippen LogP contribution in [0.2, 0.25) is 0 Å². The molecular formula is C19H26FN3O3. The summed E-state index contributed by atoms with van der Waals surface area (Å²) in [7, 11) is 0. The first kappa shape index (κ1) is 18.6. The van der Waals surface area contributed by atoms with Crippen molar-refractivity contribution in [1.29, 1.82) is 0 Å². The van der Waals surface area contributed by atoms with Gasteiger partial charge in [-0.1, -0.05) is 0 Å². The molecule has 3 rings (SSSR count). The Morgan fingerprint density at radius 1 is 1.23 bits per heavy atom. The van der Waals surface area contributed by atoms with Gasteiger partial charge in [0.15, 0.2) is 0 Å². The molecule has 2 N–H and O–H groups in total. The van der Waals surface area contributed by atoms with Gasteiger partial charge in [0.2, 0.25) is 5.91 Å². The highest BCUT2D eigenvalue weighted by Crippen LogP contribution is 2.44. The zero-order chi connectivity index (χ0) is 18.7. The molecular weight excluding hydrogens is 337 g/mol. The van der Waals surface area contributed by atoms with Crippen molar-refractivity contribution in [2.24, 2.45) is 11.3 Å². The SMILES string of the molecule is CC(C)NC(=O)C1CN(C(=O)Nc2ccc(F)cc2)CC12CCOCC2. The molecule has 2 aliphatic heterocycles. The second-order valence-corrected chi connectivity index (χ2v) is 7.51. The van der Waals surface area contributed by atoms with Gasteiger partial charge < -0.3 is 20.3 Å². The first-order valence-electron chi connectivity index (χ1n) is 9.09. The van der Waals surface area contributed by atoms with Crippen LogP contribution in [0.25, 0.3) is 0 Å². The van der Waals surface area contributed by atoms with Gasteiger partial charge in [-0.15, -0.1) is 0 Å². The molecule has 0 radical (unpaired) electrons. The summed E-state index contributed by atoms with van der Waals surface area (Å²) >= 11 is 0. The molecule has 1 atom stereocenters. The van der Waals surface area contributed by atoms with E-state index in [1.807, 2.05) is 13.8 Å². The van der Waals surface area contributed by atoms with E-state index in [-0.39, 0.29) is 35.1 Å². The standard InChI is InChI=1S/C19H26FN3O3/c1-13(2)21-17(24)16-11-23(12-19(16)7-9-26-10-8-19)18(25)22-15-5-3-14(20)4-6-15/h3-6,13,16H,7-12H2,1-2H3,(H,21,24)(H,22,25). The van der Waals surface area contributed by atoms with Gasteiger partial charge >= 0.3 is 6.03 Å². The number of rotatable bonds is 3. The number of urea groups is 1. The first-order chi connectivity index (χ1) is 12.4. The number of halogens is 1. The topological polar surface area (TPSA) is 70.7 Å². The number of hydrogen-bond acceptors (Lipinski definition) is 3. The molecule has 2 aliphatic rings. The van der Waals surface area contributed by atoms with Crippen molar-refractivity contribution in [1.82, 2.24) is 10.2 Å². The van der Waals surface area contributed by atoms with Gasteiger partial charge in [-0.2, -0.15) is 0 Å². The van der Waals surface area contributed by atoms with E-state index < -0.39 is 0 Å². The van der Waals surface area contributed by atoms with Crippen LogP contribution in [-0.4, -0.2) is 49.2 Å². The van der Waals surface area contributed by atoms with E-state index in [1.165, 1.54) is 24.3 Å². The molecule has 1 spiro atoms. The number of likely N-dealkylation sites (tertiary alicyclic amines) is 1. The first-order valence-corrected chi connectivity index (χ1v) is 9.09. The lowest BCUT2D eigenvalue weighted by atomic mass is 9.71. The maximum absolute atomic E-state index is 13.0. The number of carbonyl (C=O) groups excluding carboxylic acids is 2. The summed E-state index contributed by atoms with van der Waals surface area (Å²) in [6, 6.07) is 5.45. The fraction of sp³-hybridized carbons (Fsp3) is 0.579. The van der Waals surface area contributed by atoms with E-state index in [2.05, 4.69) is 10.6 Å². The zero-order valence-corrected chi connectivity index (χ0v) is 15.3. The van der Waals surface area contributed by atoms with Crippen molar-refractivity contribution in [2.75, 3.05) is 31.6 Å². The number of nitrogens with zero attached hydrogens (tertiary/aromatic N) is 1. The molecule has 3 amide bonds. The summed E-state index contributed by atoms with van der Waals surface area (Å²) in [6.45, 7) is 5.99. The molecule has 0 aliphatic carbocycles. The Morgan fingerprint density at radius 2 is 1.88 bits per heavy atom. The molecule has 2 heterocycles. The van der Waals surface area contributed by atoms with Crippen molar-refractivity contribution in [2.45, 2.75) is 32.7 Å². The molecule has 142 valence electrons. The Bertz CT molecular complexity index is 656. The molecule has 1 aromatic carbocycles. The largest absolute Gasteiger partial charge is 0.381 e. The van der Waals surface area contributed by atoms with Gasteiger partial charge in [-0.3, -0.25) is 4.79 Å². The van der Waals surface area contributed by atoms with Crippen LogP contribution < -0.4 is 10.6 Å². The highest BCUT2D eigenvalue weighted by Gasteiger charge is 2.51. The van der Waals surface area contributed by atoms with Crippen molar-refractivity contribution >= 4 is 17.6 Å². The zero-order valence-electron chi connectivity index (χ0n) is 15.3.